The number of piperidine rings is 1. The second-order valence-electron chi connectivity index (χ2n) is 8.79. The average Bonchev–Trinajstić information content (AvgIpc) is 3.64. The molecule has 4 aromatic rings. The minimum atomic E-state index is -2.81. The molecule has 2 aliphatic heterocycles. The molecule has 2 N–H and O–H groups in total. The van der Waals surface area contributed by atoms with Crippen LogP contribution in [0.4, 0.5) is 26.2 Å². The molecule has 3 aromatic heterocycles. The maximum atomic E-state index is 14.3. The van der Waals surface area contributed by atoms with Crippen LogP contribution < -0.4 is 15.1 Å². The van der Waals surface area contributed by atoms with Crippen molar-refractivity contribution in [1.29, 1.82) is 0 Å². The fourth-order valence-corrected chi connectivity index (χ4v) is 5.22. The van der Waals surface area contributed by atoms with Gasteiger partial charge in [-0.1, -0.05) is 0 Å². The van der Waals surface area contributed by atoms with Gasteiger partial charge in [0.05, 0.1) is 37.3 Å². The first kappa shape index (κ1) is 22.9. The Hall–Kier alpha value is -3.58. The predicted octanol–water partition coefficient (Wildman–Crippen LogP) is 4.00. The summed E-state index contributed by atoms with van der Waals surface area (Å²) in [6.45, 7) is 2.44. The van der Waals surface area contributed by atoms with Gasteiger partial charge in [0.1, 0.15) is 16.2 Å². The summed E-state index contributed by atoms with van der Waals surface area (Å²) in [5.41, 5.74) is 2.83. The number of ether oxygens (including phenoxy) is 1. The van der Waals surface area contributed by atoms with E-state index in [9.17, 15) is 13.6 Å². The highest BCUT2D eigenvalue weighted by Gasteiger charge is 2.36. The summed E-state index contributed by atoms with van der Waals surface area (Å²) in [7, 11) is 0. The van der Waals surface area contributed by atoms with Gasteiger partial charge in [-0.05, 0) is 12.5 Å². The molecule has 2 fully saturated rings. The van der Waals surface area contributed by atoms with Crippen molar-refractivity contribution < 1.29 is 22.7 Å². The molecule has 2 aliphatic rings. The Bertz CT molecular complexity index is 1380. The van der Waals surface area contributed by atoms with Crippen molar-refractivity contribution in [2.24, 2.45) is 0 Å². The number of alkyl halides is 2. The second-order valence-corrected chi connectivity index (χ2v) is 9.65. The van der Waals surface area contributed by atoms with Crippen LogP contribution in [0.3, 0.4) is 0 Å². The van der Waals surface area contributed by atoms with E-state index in [1.807, 2.05) is 4.90 Å². The molecule has 0 aliphatic carbocycles. The third kappa shape index (κ3) is 4.51. The van der Waals surface area contributed by atoms with Crippen molar-refractivity contribution in [3.63, 3.8) is 0 Å². The van der Waals surface area contributed by atoms with Crippen LogP contribution in [-0.4, -0.2) is 71.4 Å². The molecule has 0 atom stereocenters. The van der Waals surface area contributed by atoms with Gasteiger partial charge in [0.2, 0.25) is 0 Å². The van der Waals surface area contributed by atoms with Gasteiger partial charge in [0, 0.05) is 49.3 Å². The number of rotatable bonds is 5. The summed E-state index contributed by atoms with van der Waals surface area (Å²) >= 11 is 1.31. The van der Waals surface area contributed by atoms with Gasteiger partial charge in [-0.25, -0.2) is 13.8 Å². The first-order valence-corrected chi connectivity index (χ1v) is 12.5. The number of aromatic nitrogens is 4. The minimum absolute atomic E-state index is 0.159. The molecule has 1 amide bonds. The number of morpholine rings is 1. The number of nitrogens with one attached hydrogen (secondary N) is 2. The van der Waals surface area contributed by atoms with Gasteiger partial charge >= 0.3 is 0 Å². The molecular weight excluding hydrogens is 492 g/mol. The molecule has 36 heavy (non-hydrogen) atoms. The van der Waals surface area contributed by atoms with Crippen LogP contribution in [0.2, 0.25) is 0 Å². The topological polar surface area (TPSA) is 112 Å². The Morgan fingerprint density at radius 1 is 1.17 bits per heavy atom. The van der Waals surface area contributed by atoms with Gasteiger partial charge < -0.3 is 24.3 Å². The van der Waals surface area contributed by atoms with E-state index >= 15 is 0 Å². The van der Waals surface area contributed by atoms with Crippen molar-refractivity contribution in [3.8, 4) is 10.6 Å². The molecular formula is C23H23F2N7O3S. The molecule has 5 heterocycles. The van der Waals surface area contributed by atoms with E-state index in [0.717, 1.165) is 5.56 Å². The Kier molecular flexibility index (Phi) is 5.80. The number of thiazole rings is 1. The van der Waals surface area contributed by atoms with Gasteiger partial charge in [0.15, 0.2) is 5.58 Å². The van der Waals surface area contributed by atoms with Crippen LogP contribution in [0.25, 0.3) is 21.7 Å². The molecule has 0 radical (unpaired) electrons. The van der Waals surface area contributed by atoms with Crippen LogP contribution in [0.1, 0.15) is 23.3 Å². The summed E-state index contributed by atoms with van der Waals surface area (Å²) in [4.78, 5) is 25.7. The van der Waals surface area contributed by atoms with Crippen molar-refractivity contribution in [1.82, 2.24) is 20.2 Å². The number of carbonyl (C=O) groups excluding carboxylic acids is 1. The SMILES string of the molecule is O=C(Nc1cc2oc(N3CCOCC3)nc2cc1N1CCCC(F)(F)C1)c1csc(-c2cn[nH]c2)n1. The zero-order chi connectivity index (χ0) is 24.7. The highest BCUT2D eigenvalue weighted by molar-refractivity contribution is 7.13. The summed E-state index contributed by atoms with van der Waals surface area (Å²) in [5, 5.41) is 11.8. The van der Waals surface area contributed by atoms with Crippen molar-refractivity contribution >= 4 is 45.7 Å². The number of amides is 1. The lowest BCUT2D eigenvalue weighted by molar-refractivity contribution is -0.0116. The van der Waals surface area contributed by atoms with Crippen LogP contribution in [0.5, 0.6) is 0 Å². The zero-order valence-electron chi connectivity index (χ0n) is 19.2. The number of hydrogen-bond donors (Lipinski definition) is 2. The number of hydrogen-bond acceptors (Lipinski definition) is 9. The van der Waals surface area contributed by atoms with Crippen LogP contribution in [-0.2, 0) is 4.74 Å². The summed E-state index contributed by atoms with van der Waals surface area (Å²) in [6.07, 6.45) is 3.50. The molecule has 188 valence electrons. The molecule has 2 saturated heterocycles. The summed E-state index contributed by atoms with van der Waals surface area (Å²) < 4.78 is 40.0. The average molecular weight is 516 g/mol. The molecule has 0 unspecified atom stereocenters. The van der Waals surface area contributed by atoms with E-state index < -0.39 is 18.4 Å². The molecule has 10 nitrogen and oxygen atoms in total. The quantitative estimate of drug-likeness (QED) is 0.410. The van der Waals surface area contributed by atoms with E-state index in [1.165, 1.54) is 11.3 Å². The first-order valence-electron chi connectivity index (χ1n) is 11.6. The van der Waals surface area contributed by atoms with Gasteiger partial charge in [-0.3, -0.25) is 9.89 Å². The van der Waals surface area contributed by atoms with E-state index in [0.29, 0.717) is 72.8 Å². The lowest BCUT2D eigenvalue weighted by Crippen LogP contribution is -2.43. The number of fused-ring (bicyclic) bond motifs is 1. The number of carbonyl (C=O) groups is 1. The summed E-state index contributed by atoms with van der Waals surface area (Å²) in [6, 6.07) is 3.80. The maximum absolute atomic E-state index is 14.3. The van der Waals surface area contributed by atoms with Gasteiger partial charge in [-0.2, -0.15) is 10.1 Å². The minimum Gasteiger partial charge on any atom is -0.423 e. The van der Waals surface area contributed by atoms with E-state index in [2.05, 4.69) is 25.5 Å². The number of oxazole rings is 1. The molecule has 13 heteroatoms. The fraction of sp³-hybridized carbons (Fsp3) is 0.391. The number of H-pyrrole nitrogens is 1. The third-order valence-corrected chi connectivity index (χ3v) is 7.13. The largest absolute Gasteiger partial charge is 0.423 e. The Labute approximate surface area is 208 Å². The zero-order valence-corrected chi connectivity index (χ0v) is 20.0. The Morgan fingerprint density at radius 3 is 2.81 bits per heavy atom. The normalized spacial score (nSPS) is 18.1. The lowest BCUT2D eigenvalue weighted by Gasteiger charge is -2.35. The monoisotopic (exact) mass is 515 g/mol. The molecule has 6 rings (SSSR count). The van der Waals surface area contributed by atoms with E-state index in [4.69, 9.17) is 9.15 Å². The van der Waals surface area contributed by atoms with Gasteiger partial charge in [0.25, 0.3) is 17.8 Å². The van der Waals surface area contributed by atoms with Crippen LogP contribution >= 0.6 is 11.3 Å². The van der Waals surface area contributed by atoms with E-state index in [-0.39, 0.29) is 12.1 Å². The first-order chi connectivity index (χ1) is 17.4. The lowest BCUT2D eigenvalue weighted by atomic mass is 10.1. The second kappa shape index (κ2) is 9.13. The van der Waals surface area contributed by atoms with Crippen LogP contribution in [0, 0.1) is 0 Å². The number of benzene rings is 1. The molecule has 0 saturated carbocycles. The highest BCUT2D eigenvalue weighted by Crippen LogP contribution is 2.38. The van der Waals surface area contributed by atoms with Gasteiger partial charge in [-0.15, -0.1) is 11.3 Å². The summed E-state index contributed by atoms with van der Waals surface area (Å²) in [5.74, 6) is -3.26. The van der Waals surface area contributed by atoms with Crippen molar-refractivity contribution in [3.05, 3.63) is 35.6 Å². The van der Waals surface area contributed by atoms with Crippen molar-refractivity contribution in [2.45, 2.75) is 18.8 Å². The van der Waals surface area contributed by atoms with Crippen molar-refractivity contribution in [2.75, 3.05) is 54.5 Å². The number of nitrogens with zero attached hydrogens (tertiary/aromatic N) is 5. The molecule has 0 spiro atoms. The smallest absolute Gasteiger partial charge is 0.298 e. The fourth-order valence-electron chi connectivity index (χ4n) is 4.44. The Morgan fingerprint density at radius 2 is 2.03 bits per heavy atom. The maximum Gasteiger partial charge on any atom is 0.298 e. The molecule has 1 aromatic carbocycles. The third-order valence-electron chi connectivity index (χ3n) is 6.24. The number of aromatic amines is 1. The predicted molar refractivity (Wildman–Crippen MR) is 131 cm³/mol. The van der Waals surface area contributed by atoms with E-state index in [1.54, 1.807) is 34.8 Å². The standard InChI is InChI=1S/C23H23F2N7O3S/c24-23(25)2-1-3-32(13-23)18-8-16-19(35-22(30-16)31-4-6-34-7-5-31)9-15(18)28-20(33)17-12-36-21(29-17)14-10-26-27-11-14/h8-12H,1-7,13H2,(H,26,27)(H,28,33). The number of anilines is 3. The highest BCUT2D eigenvalue weighted by atomic mass is 32.1. The molecule has 0 bridgehead atoms. The van der Waals surface area contributed by atoms with Crippen LogP contribution in [0.15, 0.2) is 34.3 Å². The number of halogens is 2. The Balaban J connectivity index is 1.34.